The predicted octanol–water partition coefficient (Wildman–Crippen LogP) is 3.65. The van der Waals surface area contributed by atoms with Crippen LogP contribution in [0.15, 0.2) is 39.6 Å². The maximum Gasteiger partial charge on any atom is 0.280 e. The number of halogens is 1. The van der Waals surface area contributed by atoms with Crippen LogP contribution in [0.4, 0.5) is 4.39 Å². The molecule has 0 saturated carbocycles. The van der Waals surface area contributed by atoms with Crippen LogP contribution in [0.1, 0.15) is 29.6 Å². The van der Waals surface area contributed by atoms with Gasteiger partial charge in [0, 0.05) is 17.0 Å². The molecule has 1 amide bonds. The second-order valence-electron chi connectivity index (χ2n) is 6.66. The van der Waals surface area contributed by atoms with Gasteiger partial charge >= 0.3 is 0 Å². The van der Waals surface area contributed by atoms with Gasteiger partial charge in [-0.05, 0) is 57.0 Å². The molecule has 2 atom stereocenters. The third-order valence-electron chi connectivity index (χ3n) is 5.17. The highest BCUT2D eigenvalue weighted by molar-refractivity contribution is 8.01. The van der Waals surface area contributed by atoms with Crippen molar-refractivity contribution in [1.82, 2.24) is 15.2 Å². The molecule has 132 valence electrons. The van der Waals surface area contributed by atoms with Gasteiger partial charge in [0.25, 0.3) is 5.91 Å². The van der Waals surface area contributed by atoms with E-state index in [-0.39, 0.29) is 17.8 Å². The lowest BCUT2D eigenvalue weighted by molar-refractivity contribution is 0.0217. The van der Waals surface area contributed by atoms with Crippen LogP contribution < -0.4 is 5.32 Å². The first kappa shape index (κ1) is 17.0. The molecule has 0 aliphatic carbocycles. The lowest BCUT2D eigenvalue weighted by Crippen LogP contribution is -2.62. The fraction of sp³-hybridized carbons (Fsp3) is 0.444. The third kappa shape index (κ3) is 3.59. The Kier molecular flexibility index (Phi) is 4.80. The molecule has 7 heteroatoms. The summed E-state index contributed by atoms with van der Waals surface area (Å²) in [6, 6.07) is 7.03. The van der Waals surface area contributed by atoms with Crippen LogP contribution in [0.5, 0.6) is 0 Å². The molecule has 2 bridgehead atoms. The van der Waals surface area contributed by atoms with Crippen molar-refractivity contribution in [2.24, 2.45) is 5.92 Å². The molecule has 3 aliphatic heterocycles. The number of carbonyl (C=O) groups is 1. The minimum absolute atomic E-state index is 0.0957. The molecule has 4 nitrogen and oxygen atoms in total. The van der Waals surface area contributed by atoms with E-state index in [1.165, 1.54) is 35.2 Å². The van der Waals surface area contributed by atoms with Gasteiger partial charge in [0.15, 0.2) is 5.01 Å². The van der Waals surface area contributed by atoms with Crippen LogP contribution in [0, 0.1) is 11.7 Å². The summed E-state index contributed by atoms with van der Waals surface area (Å²) in [7, 11) is 0. The number of thiazole rings is 1. The number of rotatable bonds is 4. The minimum Gasteiger partial charge on any atom is -0.345 e. The van der Waals surface area contributed by atoms with E-state index in [4.69, 9.17) is 0 Å². The Morgan fingerprint density at radius 2 is 2.20 bits per heavy atom. The number of hydrogen-bond donors (Lipinski definition) is 1. The Morgan fingerprint density at radius 3 is 2.92 bits per heavy atom. The molecular weight excluding hydrogens is 357 g/mol. The number of carbonyl (C=O) groups excluding carboxylic acids is 1. The van der Waals surface area contributed by atoms with Crippen molar-refractivity contribution in [1.29, 1.82) is 0 Å². The van der Waals surface area contributed by atoms with E-state index in [0.717, 1.165) is 35.0 Å². The summed E-state index contributed by atoms with van der Waals surface area (Å²) in [5.41, 5.74) is 0. The van der Waals surface area contributed by atoms with Gasteiger partial charge in [-0.15, -0.1) is 11.3 Å². The van der Waals surface area contributed by atoms with Crippen molar-refractivity contribution >= 4 is 29.0 Å². The van der Waals surface area contributed by atoms with Crippen LogP contribution in [0.3, 0.4) is 0 Å². The molecule has 1 aromatic carbocycles. The average Bonchev–Trinajstić information content (AvgIpc) is 3.07. The molecule has 5 rings (SSSR count). The fourth-order valence-electron chi connectivity index (χ4n) is 3.82. The first-order valence-electron chi connectivity index (χ1n) is 8.54. The second kappa shape index (κ2) is 7.05. The molecule has 3 aliphatic rings. The van der Waals surface area contributed by atoms with E-state index in [2.05, 4.69) is 22.1 Å². The Labute approximate surface area is 154 Å². The smallest absolute Gasteiger partial charge is 0.280 e. The zero-order valence-corrected chi connectivity index (χ0v) is 15.6. The summed E-state index contributed by atoms with van der Waals surface area (Å²) in [6.45, 7) is 4.48. The maximum absolute atomic E-state index is 13.3. The highest BCUT2D eigenvalue weighted by Crippen LogP contribution is 2.34. The quantitative estimate of drug-likeness (QED) is 0.883. The van der Waals surface area contributed by atoms with Gasteiger partial charge in [0.1, 0.15) is 5.82 Å². The summed E-state index contributed by atoms with van der Waals surface area (Å²) in [5.74, 6) is 0.218. The van der Waals surface area contributed by atoms with Crippen molar-refractivity contribution in [3.05, 3.63) is 41.3 Å². The highest BCUT2D eigenvalue weighted by atomic mass is 32.2. The van der Waals surface area contributed by atoms with Gasteiger partial charge in [-0.2, -0.15) is 0 Å². The number of fused-ring (bicyclic) bond motifs is 3. The van der Waals surface area contributed by atoms with Crippen LogP contribution in [0.25, 0.3) is 0 Å². The SMILES string of the molecule is CC1C(NC(=O)c2ncc(Sc3cccc(F)c3)s2)C2CCN1CC2. The second-order valence-corrected chi connectivity index (χ2v) is 9.06. The van der Waals surface area contributed by atoms with E-state index in [1.807, 2.05) is 6.07 Å². The van der Waals surface area contributed by atoms with Crippen molar-refractivity contribution in [3.63, 3.8) is 0 Å². The summed E-state index contributed by atoms with van der Waals surface area (Å²) >= 11 is 2.78. The molecule has 3 fully saturated rings. The molecule has 0 spiro atoms. The standard InChI is InChI=1S/C18H20FN3OS2/c1-11-16(12-5-7-22(11)8-6-12)21-17(23)18-20-10-15(25-18)24-14-4-2-3-13(19)9-14/h2-4,9-12,16H,5-8H2,1H3,(H,21,23). The van der Waals surface area contributed by atoms with Crippen LogP contribution in [-0.2, 0) is 0 Å². The molecule has 3 saturated heterocycles. The van der Waals surface area contributed by atoms with E-state index >= 15 is 0 Å². The summed E-state index contributed by atoms with van der Waals surface area (Å²) in [6.07, 6.45) is 4.01. The van der Waals surface area contributed by atoms with E-state index < -0.39 is 0 Å². The molecular formula is C18H20FN3OS2. The van der Waals surface area contributed by atoms with E-state index in [9.17, 15) is 9.18 Å². The molecule has 2 unspecified atom stereocenters. The molecule has 1 aromatic heterocycles. The van der Waals surface area contributed by atoms with E-state index in [0.29, 0.717) is 17.0 Å². The third-order valence-corrected chi connectivity index (χ3v) is 7.26. The van der Waals surface area contributed by atoms with Crippen LogP contribution in [-0.4, -0.2) is 41.0 Å². The monoisotopic (exact) mass is 377 g/mol. The Balaban J connectivity index is 1.42. The summed E-state index contributed by atoms with van der Waals surface area (Å²) in [4.78, 5) is 20.1. The van der Waals surface area contributed by atoms with Crippen molar-refractivity contribution < 1.29 is 9.18 Å². The lowest BCUT2D eigenvalue weighted by atomic mass is 9.79. The number of nitrogens with one attached hydrogen (secondary N) is 1. The average molecular weight is 378 g/mol. The molecule has 2 aromatic rings. The predicted molar refractivity (Wildman–Crippen MR) is 97.7 cm³/mol. The first-order chi connectivity index (χ1) is 12.1. The largest absolute Gasteiger partial charge is 0.345 e. The van der Waals surface area contributed by atoms with Gasteiger partial charge in [0.05, 0.1) is 10.4 Å². The Morgan fingerprint density at radius 1 is 1.40 bits per heavy atom. The van der Waals surface area contributed by atoms with Gasteiger partial charge in [-0.25, -0.2) is 9.37 Å². The first-order valence-corrected chi connectivity index (χ1v) is 10.2. The fourth-order valence-corrected chi connectivity index (χ4v) is 5.72. The number of piperidine rings is 3. The normalized spacial score (nSPS) is 28.1. The molecule has 25 heavy (non-hydrogen) atoms. The van der Waals surface area contributed by atoms with Crippen molar-refractivity contribution in [2.45, 2.75) is 41.0 Å². The zero-order valence-electron chi connectivity index (χ0n) is 13.9. The van der Waals surface area contributed by atoms with Crippen molar-refractivity contribution in [2.75, 3.05) is 13.1 Å². The van der Waals surface area contributed by atoms with Crippen LogP contribution >= 0.6 is 23.1 Å². The minimum atomic E-state index is -0.260. The summed E-state index contributed by atoms with van der Waals surface area (Å²) < 4.78 is 14.2. The van der Waals surface area contributed by atoms with Crippen molar-refractivity contribution in [3.8, 4) is 0 Å². The number of amides is 1. The van der Waals surface area contributed by atoms with Crippen LogP contribution in [0.2, 0.25) is 0 Å². The Hall–Kier alpha value is -1.44. The number of hydrogen-bond acceptors (Lipinski definition) is 5. The summed E-state index contributed by atoms with van der Waals surface area (Å²) in [5, 5.41) is 3.68. The highest BCUT2D eigenvalue weighted by Gasteiger charge is 2.40. The number of benzene rings is 1. The zero-order chi connectivity index (χ0) is 17.4. The van der Waals surface area contributed by atoms with E-state index in [1.54, 1.807) is 12.3 Å². The number of aromatic nitrogens is 1. The maximum atomic E-state index is 13.3. The topological polar surface area (TPSA) is 45.2 Å². The van der Waals surface area contributed by atoms with Gasteiger partial charge in [-0.1, -0.05) is 17.8 Å². The number of nitrogens with zero attached hydrogens (tertiary/aromatic N) is 2. The molecule has 4 heterocycles. The molecule has 1 N–H and O–H groups in total. The Bertz CT molecular complexity index is 771. The van der Waals surface area contributed by atoms with Gasteiger partial charge in [-0.3, -0.25) is 9.69 Å². The lowest BCUT2D eigenvalue weighted by Gasteiger charge is -2.49. The van der Waals surface area contributed by atoms with Gasteiger partial charge < -0.3 is 5.32 Å². The molecule has 0 radical (unpaired) electrons. The van der Waals surface area contributed by atoms with Gasteiger partial charge in [0.2, 0.25) is 0 Å².